The number of hydrogen-bond donors (Lipinski definition) is 3. The Morgan fingerprint density at radius 2 is 1.96 bits per heavy atom. The minimum absolute atomic E-state index is 0.249. The van der Waals surface area contributed by atoms with Gasteiger partial charge in [-0.05, 0) is 43.3 Å². The van der Waals surface area contributed by atoms with Crippen LogP contribution < -0.4 is 20.3 Å². The SMILES string of the molecule is COc1ccc(NC(=O)N2Cc3ccc(C(=O)NO)cc3O[C@@H](C)C2)cc1. The summed E-state index contributed by atoms with van der Waals surface area (Å²) >= 11 is 0. The van der Waals surface area contributed by atoms with E-state index < -0.39 is 5.91 Å². The van der Waals surface area contributed by atoms with E-state index in [0.717, 1.165) is 5.56 Å². The van der Waals surface area contributed by atoms with E-state index >= 15 is 0 Å². The van der Waals surface area contributed by atoms with Crippen molar-refractivity contribution in [3.05, 3.63) is 53.6 Å². The normalized spacial score (nSPS) is 15.8. The fraction of sp³-hybridized carbons (Fsp3) is 0.263. The number of fused-ring (bicyclic) bond motifs is 1. The van der Waals surface area contributed by atoms with Gasteiger partial charge in [0, 0.05) is 16.8 Å². The third kappa shape index (κ3) is 4.29. The summed E-state index contributed by atoms with van der Waals surface area (Å²) in [5.41, 5.74) is 3.31. The molecule has 0 bridgehead atoms. The Kier molecular flexibility index (Phi) is 5.46. The van der Waals surface area contributed by atoms with Gasteiger partial charge in [0.15, 0.2) is 0 Å². The van der Waals surface area contributed by atoms with Crippen LogP contribution in [0.4, 0.5) is 10.5 Å². The molecule has 0 saturated heterocycles. The van der Waals surface area contributed by atoms with Crippen molar-refractivity contribution < 1.29 is 24.3 Å². The molecule has 3 N–H and O–H groups in total. The summed E-state index contributed by atoms with van der Waals surface area (Å²) in [4.78, 5) is 25.9. The first-order valence-electron chi connectivity index (χ1n) is 8.44. The van der Waals surface area contributed by atoms with Crippen LogP contribution in [0.15, 0.2) is 42.5 Å². The van der Waals surface area contributed by atoms with E-state index in [4.69, 9.17) is 14.7 Å². The Morgan fingerprint density at radius 1 is 1.22 bits per heavy atom. The number of nitrogens with one attached hydrogen (secondary N) is 2. The number of urea groups is 1. The Labute approximate surface area is 156 Å². The Morgan fingerprint density at radius 3 is 2.63 bits per heavy atom. The van der Waals surface area contributed by atoms with E-state index in [1.807, 2.05) is 6.92 Å². The van der Waals surface area contributed by atoms with Gasteiger partial charge in [-0.3, -0.25) is 10.0 Å². The van der Waals surface area contributed by atoms with Gasteiger partial charge in [-0.2, -0.15) is 0 Å². The number of hydrogen-bond acceptors (Lipinski definition) is 5. The second-order valence-electron chi connectivity index (χ2n) is 6.23. The van der Waals surface area contributed by atoms with Gasteiger partial charge in [0.2, 0.25) is 0 Å². The molecule has 1 atom stereocenters. The minimum Gasteiger partial charge on any atom is -0.497 e. The van der Waals surface area contributed by atoms with Crippen molar-refractivity contribution in [1.29, 1.82) is 0 Å². The molecule has 1 aliphatic rings. The van der Waals surface area contributed by atoms with Crippen molar-refractivity contribution in [3.8, 4) is 11.5 Å². The van der Waals surface area contributed by atoms with E-state index in [1.54, 1.807) is 60.0 Å². The molecule has 0 radical (unpaired) electrons. The molecule has 8 heteroatoms. The molecule has 3 amide bonds. The molecular formula is C19H21N3O5. The van der Waals surface area contributed by atoms with Crippen LogP contribution in [0, 0.1) is 0 Å². The first-order valence-corrected chi connectivity index (χ1v) is 8.44. The Hall–Kier alpha value is -3.26. The summed E-state index contributed by atoms with van der Waals surface area (Å²) in [5, 5.41) is 11.6. The van der Waals surface area contributed by atoms with E-state index in [1.165, 1.54) is 0 Å². The molecule has 0 spiro atoms. The lowest BCUT2D eigenvalue weighted by Crippen LogP contribution is -2.38. The topological polar surface area (TPSA) is 100 Å². The zero-order valence-electron chi connectivity index (χ0n) is 15.1. The highest BCUT2D eigenvalue weighted by Crippen LogP contribution is 2.27. The molecule has 0 unspecified atom stereocenters. The molecule has 3 rings (SSSR count). The highest BCUT2D eigenvalue weighted by atomic mass is 16.5. The maximum absolute atomic E-state index is 12.7. The zero-order valence-corrected chi connectivity index (χ0v) is 15.1. The fourth-order valence-electron chi connectivity index (χ4n) is 2.87. The number of rotatable bonds is 3. The molecule has 0 aliphatic carbocycles. The molecule has 1 heterocycles. The van der Waals surface area contributed by atoms with Gasteiger partial charge in [0.05, 0.1) is 20.2 Å². The lowest BCUT2D eigenvalue weighted by Gasteiger charge is -2.22. The van der Waals surface area contributed by atoms with E-state index in [0.29, 0.717) is 30.3 Å². The number of carbonyl (C=O) groups excluding carboxylic acids is 2. The third-order valence-corrected chi connectivity index (χ3v) is 4.23. The van der Waals surface area contributed by atoms with Crippen molar-refractivity contribution in [2.75, 3.05) is 19.0 Å². The lowest BCUT2D eigenvalue weighted by molar-refractivity contribution is 0.0705. The Bertz CT molecular complexity index is 838. The molecule has 0 saturated carbocycles. The number of nitrogens with zero attached hydrogens (tertiary/aromatic N) is 1. The number of benzene rings is 2. The first-order chi connectivity index (χ1) is 13.0. The van der Waals surface area contributed by atoms with Gasteiger partial charge in [0.25, 0.3) is 5.91 Å². The minimum atomic E-state index is -0.618. The highest BCUT2D eigenvalue weighted by molar-refractivity contribution is 5.94. The summed E-state index contributed by atoms with van der Waals surface area (Å²) in [7, 11) is 1.58. The largest absolute Gasteiger partial charge is 0.497 e. The number of ether oxygens (including phenoxy) is 2. The van der Waals surface area contributed by atoms with Gasteiger partial charge in [-0.25, -0.2) is 10.3 Å². The van der Waals surface area contributed by atoms with Crippen LogP contribution >= 0.6 is 0 Å². The lowest BCUT2D eigenvalue weighted by atomic mass is 10.1. The summed E-state index contributed by atoms with van der Waals surface area (Å²) in [6.07, 6.45) is -0.264. The number of methoxy groups -OCH3 is 1. The van der Waals surface area contributed by atoms with Crippen LogP contribution in [-0.2, 0) is 6.54 Å². The zero-order chi connectivity index (χ0) is 19.4. The third-order valence-electron chi connectivity index (χ3n) is 4.23. The maximum Gasteiger partial charge on any atom is 0.322 e. The summed E-state index contributed by atoms with van der Waals surface area (Å²) in [5.74, 6) is 0.609. The van der Waals surface area contributed by atoms with Gasteiger partial charge in [-0.1, -0.05) is 6.07 Å². The predicted molar refractivity (Wildman–Crippen MR) is 98.2 cm³/mol. The summed E-state index contributed by atoms with van der Waals surface area (Å²) in [6.45, 7) is 2.57. The summed E-state index contributed by atoms with van der Waals surface area (Å²) in [6, 6.07) is 11.7. The monoisotopic (exact) mass is 371 g/mol. The van der Waals surface area contributed by atoms with Crippen LogP contribution in [0.1, 0.15) is 22.8 Å². The molecule has 0 fully saturated rings. The fourth-order valence-corrected chi connectivity index (χ4v) is 2.87. The first kappa shape index (κ1) is 18.5. The van der Waals surface area contributed by atoms with Crippen LogP contribution in [0.25, 0.3) is 0 Å². The van der Waals surface area contributed by atoms with Crippen molar-refractivity contribution in [1.82, 2.24) is 10.4 Å². The maximum atomic E-state index is 12.7. The average Bonchev–Trinajstić information content (AvgIpc) is 2.85. The van der Waals surface area contributed by atoms with Gasteiger partial charge < -0.3 is 19.7 Å². The van der Waals surface area contributed by atoms with E-state index in [2.05, 4.69) is 5.32 Å². The number of amides is 3. The van der Waals surface area contributed by atoms with Crippen molar-refractivity contribution in [2.24, 2.45) is 0 Å². The number of carbonyl (C=O) groups is 2. The molecule has 2 aromatic rings. The molecule has 27 heavy (non-hydrogen) atoms. The Balaban J connectivity index is 1.76. The van der Waals surface area contributed by atoms with Crippen LogP contribution in [0.5, 0.6) is 11.5 Å². The smallest absolute Gasteiger partial charge is 0.322 e. The van der Waals surface area contributed by atoms with Crippen LogP contribution in [0.3, 0.4) is 0 Å². The highest BCUT2D eigenvalue weighted by Gasteiger charge is 2.24. The summed E-state index contributed by atoms with van der Waals surface area (Å²) < 4.78 is 11.0. The quantitative estimate of drug-likeness (QED) is 0.569. The second-order valence-corrected chi connectivity index (χ2v) is 6.23. The number of anilines is 1. The van der Waals surface area contributed by atoms with Gasteiger partial charge in [-0.15, -0.1) is 0 Å². The predicted octanol–water partition coefficient (Wildman–Crippen LogP) is 2.63. The van der Waals surface area contributed by atoms with Crippen molar-refractivity contribution >= 4 is 17.6 Å². The molecule has 0 aromatic heterocycles. The van der Waals surface area contributed by atoms with Crippen molar-refractivity contribution in [2.45, 2.75) is 19.6 Å². The van der Waals surface area contributed by atoms with Gasteiger partial charge in [0.1, 0.15) is 17.6 Å². The molecular weight excluding hydrogens is 350 g/mol. The van der Waals surface area contributed by atoms with E-state index in [9.17, 15) is 9.59 Å². The molecule has 142 valence electrons. The second kappa shape index (κ2) is 7.96. The number of hydroxylamine groups is 1. The molecule has 2 aromatic carbocycles. The van der Waals surface area contributed by atoms with Crippen molar-refractivity contribution in [3.63, 3.8) is 0 Å². The van der Waals surface area contributed by atoms with Crippen LogP contribution in [-0.4, -0.2) is 41.8 Å². The molecule has 1 aliphatic heterocycles. The standard InChI is InChI=1S/C19H21N3O5/c1-12-10-22(19(24)20-15-5-7-16(26-2)8-6-15)11-14-4-3-13(18(23)21-25)9-17(14)27-12/h3-9,12,25H,10-11H2,1-2H3,(H,20,24)(H,21,23)/t12-/m0/s1. The average molecular weight is 371 g/mol. The van der Waals surface area contributed by atoms with E-state index in [-0.39, 0.29) is 17.7 Å². The molecule has 8 nitrogen and oxygen atoms in total. The van der Waals surface area contributed by atoms with Crippen LogP contribution in [0.2, 0.25) is 0 Å². The van der Waals surface area contributed by atoms with Gasteiger partial charge >= 0.3 is 6.03 Å².